The number of rotatable bonds is 6. The third-order valence-electron chi connectivity index (χ3n) is 3.85. The van der Waals surface area contributed by atoms with E-state index in [1.165, 1.54) is 11.8 Å². The van der Waals surface area contributed by atoms with Gasteiger partial charge < -0.3 is 14.2 Å². The number of halogens is 2. The second-order valence-corrected chi connectivity index (χ2v) is 6.72. The normalized spacial score (nSPS) is 11.0. The zero-order valence-corrected chi connectivity index (χ0v) is 17.5. The Labute approximate surface area is 176 Å². The summed E-state index contributed by atoms with van der Waals surface area (Å²) in [6.45, 7) is 0. The van der Waals surface area contributed by atoms with Crippen molar-refractivity contribution in [1.82, 2.24) is 14.9 Å². The van der Waals surface area contributed by atoms with Gasteiger partial charge in [-0.15, -0.1) is 0 Å². The number of nitrogens with zero attached hydrogens (tertiary/aromatic N) is 3. The van der Waals surface area contributed by atoms with E-state index in [2.05, 4.69) is 15.3 Å². The molecule has 10 heteroatoms. The Hall–Kier alpha value is -2.55. The van der Waals surface area contributed by atoms with Gasteiger partial charge in [-0.05, 0) is 36.5 Å². The summed E-state index contributed by atoms with van der Waals surface area (Å²) in [7, 11) is 4.62. The molecule has 1 heterocycles. The molecule has 0 radical (unpaired) electrons. The SMILES string of the molecule is COc1cc(-c2n[nH]c(=S)n2N=Cc2ccc(Cl)cc2Cl)cc(OC)c1OC. The smallest absolute Gasteiger partial charge is 0.216 e. The molecule has 1 aromatic heterocycles. The van der Waals surface area contributed by atoms with Gasteiger partial charge in [0.25, 0.3) is 0 Å². The summed E-state index contributed by atoms with van der Waals surface area (Å²) in [4.78, 5) is 0. The van der Waals surface area contributed by atoms with E-state index in [0.717, 1.165) is 0 Å². The molecule has 0 aliphatic heterocycles. The first-order valence-corrected chi connectivity index (χ1v) is 9.12. The first-order chi connectivity index (χ1) is 13.5. The molecule has 3 rings (SSSR count). The molecule has 0 saturated heterocycles. The van der Waals surface area contributed by atoms with Crippen LogP contribution in [-0.2, 0) is 0 Å². The van der Waals surface area contributed by atoms with Crippen LogP contribution in [0.3, 0.4) is 0 Å². The number of aromatic amines is 1. The van der Waals surface area contributed by atoms with Crippen LogP contribution in [0.5, 0.6) is 17.2 Å². The minimum atomic E-state index is 0.310. The van der Waals surface area contributed by atoms with Crippen molar-refractivity contribution in [3.05, 3.63) is 50.7 Å². The molecule has 0 fully saturated rings. The van der Waals surface area contributed by atoms with Crippen molar-refractivity contribution in [2.75, 3.05) is 21.3 Å². The molecule has 0 saturated carbocycles. The van der Waals surface area contributed by atoms with E-state index in [-0.39, 0.29) is 0 Å². The van der Waals surface area contributed by atoms with Gasteiger partial charge in [0.05, 0.1) is 32.6 Å². The van der Waals surface area contributed by atoms with Gasteiger partial charge in [0.1, 0.15) is 0 Å². The van der Waals surface area contributed by atoms with E-state index in [1.807, 2.05) is 0 Å². The quantitative estimate of drug-likeness (QED) is 0.440. The molecule has 0 aliphatic carbocycles. The van der Waals surface area contributed by atoms with E-state index in [4.69, 9.17) is 49.6 Å². The first kappa shape index (κ1) is 20.2. The number of nitrogens with one attached hydrogen (secondary N) is 1. The largest absolute Gasteiger partial charge is 0.493 e. The van der Waals surface area contributed by atoms with E-state index in [0.29, 0.717) is 49.0 Å². The molecule has 0 spiro atoms. The molecule has 146 valence electrons. The van der Waals surface area contributed by atoms with Gasteiger partial charge in [-0.2, -0.15) is 14.9 Å². The molecular formula is C18H16Cl2N4O3S. The van der Waals surface area contributed by atoms with E-state index in [9.17, 15) is 0 Å². The summed E-state index contributed by atoms with van der Waals surface area (Å²) in [5.74, 6) is 1.92. The molecule has 1 N–H and O–H groups in total. The summed E-state index contributed by atoms with van der Waals surface area (Å²) < 4.78 is 17.9. The monoisotopic (exact) mass is 438 g/mol. The fraction of sp³-hybridized carbons (Fsp3) is 0.167. The lowest BCUT2D eigenvalue weighted by Gasteiger charge is -2.13. The molecule has 28 heavy (non-hydrogen) atoms. The van der Waals surface area contributed by atoms with Crippen LogP contribution in [-0.4, -0.2) is 42.4 Å². The van der Waals surface area contributed by atoms with Crippen LogP contribution in [0.4, 0.5) is 0 Å². The molecule has 2 aromatic carbocycles. The van der Waals surface area contributed by atoms with Crippen LogP contribution in [0.1, 0.15) is 5.56 Å². The summed E-state index contributed by atoms with van der Waals surface area (Å²) in [6.07, 6.45) is 1.57. The molecular weight excluding hydrogens is 423 g/mol. The number of methoxy groups -OCH3 is 3. The summed E-state index contributed by atoms with van der Waals surface area (Å²) >= 11 is 17.4. The highest BCUT2D eigenvalue weighted by atomic mass is 35.5. The second-order valence-electron chi connectivity index (χ2n) is 5.49. The topological polar surface area (TPSA) is 73.7 Å². The van der Waals surface area contributed by atoms with Crippen LogP contribution in [0.25, 0.3) is 11.4 Å². The van der Waals surface area contributed by atoms with Gasteiger partial charge in [-0.3, -0.25) is 0 Å². The zero-order chi connectivity index (χ0) is 20.3. The van der Waals surface area contributed by atoms with E-state index >= 15 is 0 Å². The fourth-order valence-electron chi connectivity index (χ4n) is 2.52. The Morgan fingerprint density at radius 3 is 2.32 bits per heavy atom. The third-order valence-corrected chi connectivity index (χ3v) is 4.67. The Bertz CT molecular complexity index is 1070. The minimum Gasteiger partial charge on any atom is -0.493 e. The maximum atomic E-state index is 6.20. The predicted octanol–water partition coefficient (Wildman–Crippen LogP) is 4.82. The van der Waals surface area contributed by atoms with Gasteiger partial charge in [-0.1, -0.05) is 29.3 Å². The molecule has 3 aromatic rings. The molecule has 7 nitrogen and oxygen atoms in total. The van der Waals surface area contributed by atoms with Gasteiger partial charge in [0.2, 0.25) is 10.5 Å². The Morgan fingerprint density at radius 1 is 1.07 bits per heavy atom. The predicted molar refractivity (Wildman–Crippen MR) is 112 cm³/mol. The first-order valence-electron chi connectivity index (χ1n) is 7.95. The molecule has 0 atom stereocenters. The standard InChI is InChI=1S/C18H16Cl2N4O3S/c1-25-14-6-11(7-15(26-2)16(14)27-3)17-22-23-18(28)24(17)21-9-10-4-5-12(19)8-13(10)20/h4-9H,1-3H3,(H,23,28). The van der Waals surface area contributed by atoms with Crippen LogP contribution < -0.4 is 14.2 Å². The minimum absolute atomic E-state index is 0.310. The summed E-state index contributed by atoms with van der Waals surface area (Å²) in [6, 6.07) is 8.64. The highest BCUT2D eigenvalue weighted by Crippen LogP contribution is 2.40. The third kappa shape index (κ3) is 3.99. The lowest BCUT2D eigenvalue weighted by atomic mass is 10.1. The number of hydrogen-bond acceptors (Lipinski definition) is 6. The van der Waals surface area contributed by atoms with Crippen LogP contribution in [0, 0.1) is 4.77 Å². The van der Waals surface area contributed by atoms with Gasteiger partial charge in [0.15, 0.2) is 17.3 Å². The molecule has 0 bridgehead atoms. The maximum absolute atomic E-state index is 6.20. The Kier molecular flexibility index (Phi) is 6.23. The number of H-pyrrole nitrogens is 1. The maximum Gasteiger partial charge on any atom is 0.216 e. The average molecular weight is 439 g/mol. The Morgan fingerprint density at radius 2 is 1.75 bits per heavy atom. The fourth-order valence-corrected chi connectivity index (χ4v) is 3.16. The Balaban J connectivity index is 2.08. The summed E-state index contributed by atoms with van der Waals surface area (Å²) in [5, 5.41) is 12.4. The van der Waals surface area contributed by atoms with Gasteiger partial charge in [0, 0.05) is 16.1 Å². The van der Waals surface area contributed by atoms with Crippen molar-refractivity contribution in [3.63, 3.8) is 0 Å². The zero-order valence-electron chi connectivity index (χ0n) is 15.2. The van der Waals surface area contributed by atoms with E-state index < -0.39 is 0 Å². The lowest BCUT2D eigenvalue weighted by Crippen LogP contribution is -1.99. The van der Waals surface area contributed by atoms with Crippen LogP contribution >= 0.6 is 35.4 Å². The average Bonchev–Trinajstić information content (AvgIpc) is 3.06. The highest BCUT2D eigenvalue weighted by molar-refractivity contribution is 7.71. The van der Waals surface area contributed by atoms with Crippen molar-refractivity contribution >= 4 is 41.6 Å². The van der Waals surface area contributed by atoms with Crippen molar-refractivity contribution in [2.24, 2.45) is 5.10 Å². The number of hydrogen-bond donors (Lipinski definition) is 1. The van der Waals surface area contributed by atoms with Crippen molar-refractivity contribution in [3.8, 4) is 28.6 Å². The molecule has 0 unspecified atom stereocenters. The van der Waals surface area contributed by atoms with Crippen LogP contribution in [0.15, 0.2) is 35.4 Å². The van der Waals surface area contributed by atoms with Crippen LogP contribution in [0.2, 0.25) is 10.0 Å². The summed E-state index contributed by atoms with van der Waals surface area (Å²) in [5.41, 5.74) is 1.35. The molecule has 0 aliphatic rings. The van der Waals surface area contributed by atoms with Crippen molar-refractivity contribution in [2.45, 2.75) is 0 Å². The molecule has 0 amide bonds. The number of benzene rings is 2. The number of aromatic nitrogens is 3. The number of ether oxygens (including phenoxy) is 3. The van der Waals surface area contributed by atoms with E-state index in [1.54, 1.807) is 50.8 Å². The van der Waals surface area contributed by atoms with Crippen molar-refractivity contribution < 1.29 is 14.2 Å². The van der Waals surface area contributed by atoms with Gasteiger partial charge in [-0.25, -0.2) is 5.10 Å². The lowest BCUT2D eigenvalue weighted by molar-refractivity contribution is 0.324. The highest BCUT2D eigenvalue weighted by Gasteiger charge is 2.17. The second kappa shape index (κ2) is 8.64. The van der Waals surface area contributed by atoms with Gasteiger partial charge >= 0.3 is 0 Å². The van der Waals surface area contributed by atoms with Crippen molar-refractivity contribution in [1.29, 1.82) is 0 Å².